The van der Waals surface area contributed by atoms with Crippen LogP contribution >= 0.6 is 11.6 Å². The van der Waals surface area contributed by atoms with Crippen molar-refractivity contribution in [3.63, 3.8) is 0 Å². The van der Waals surface area contributed by atoms with Gasteiger partial charge in [0.1, 0.15) is 17.3 Å². The van der Waals surface area contributed by atoms with Crippen LogP contribution in [0.1, 0.15) is 27.4 Å². The van der Waals surface area contributed by atoms with Gasteiger partial charge in [0, 0.05) is 17.1 Å². The summed E-state index contributed by atoms with van der Waals surface area (Å²) < 4.78 is 43.7. The SMILES string of the molecule is O=C(NCCc1ccc(Cl)cc1)c1ccc(CS(=O)(=O)Cc2ccccc2F)o1. The first-order valence-corrected chi connectivity index (χ1v) is 11.1. The molecule has 0 spiro atoms. The highest BCUT2D eigenvalue weighted by Gasteiger charge is 2.19. The number of benzene rings is 2. The van der Waals surface area contributed by atoms with E-state index in [-0.39, 0.29) is 17.1 Å². The molecule has 1 heterocycles. The predicted octanol–water partition coefficient (Wildman–Crippen LogP) is 4.16. The molecule has 5 nitrogen and oxygen atoms in total. The molecule has 3 rings (SSSR count). The highest BCUT2D eigenvalue weighted by molar-refractivity contribution is 7.89. The highest BCUT2D eigenvalue weighted by Crippen LogP contribution is 2.17. The number of rotatable bonds is 8. The van der Waals surface area contributed by atoms with Gasteiger partial charge < -0.3 is 9.73 Å². The van der Waals surface area contributed by atoms with E-state index < -0.39 is 33.1 Å². The first-order valence-electron chi connectivity index (χ1n) is 8.87. The number of hydrogen-bond donors (Lipinski definition) is 1. The van der Waals surface area contributed by atoms with Gasteiger partial charge in [0.15, 0.2) is 15.6 Å². The van der Waals surface area contributed by atoms with E-state index >= 15 is 0 Å². The van der Waals surface area contributed by atoms with Crippen molar-refractivity contribution in [1.29, 1.82) is 0 Å². The molecule has 3 aromatic rings. The summed E-state index contributed by atoms with van der Waals surface area (Å²) in [5.74, 6) is -1.71. The van der Waals surface area contributed by atoms with Crippen molar-refractivity contribution in [3.05, 3.63) is 94.2 Å². The zero-order valence-electron chi connectivity index (χ0n) is 15.4. The molecule has 152 valence electrons. The summed E-state index contributed by atoms with van der Waals surface area (Å²) in [6.45, 7) is 0.391. The van der Waals surface area contributed by atoms with Crippen LogP contribution in [0.3, 0.4) is 0 Å². The zero-order valence-corrected chi connectivity index (χ0v) is 17.0. The second-order valence-electron chi connectivity index (χ2n) is 6.52. The summed E-state index contributed by atoms with van der Waals surface area (Å²) in [6, 6.07) is 15.9. The molecule has 0 saturated heterocycles. The van der Waals surface area contributed by atoms with Crippen molar-refractivity contribution in [2.24, 2.45) is 0 Å². The van der Waals surface area contributed by atoms with Crippen LogP contribution in [0.2, 0.25) is 5.02 Å². The molecular formula is C21H19ClFNO4S. The molecule has 0 aliphatic rings. The normalized spacial score (nSPS) is 11.4. The fourth-order valence-corrected chi connectivity index (χ4v) is 4.28. The van der Waals surface area contributed by atoms with Gasteiger partial charge in [-0.3, -0.25) is 4.79 Å². The molecule has 1 N–H and O–H groups in total. The van der Waals surface area contributed by atoms with Gasteiger partial charge in [-0.2, -0.15) is 0 Å². The van der Waals surface area contributed by atoms with Gasteiger partial charge in [0.05, 0.1) is 5.75 Å². The van der Waals surface area contributed by atoms with Crippen LogP contribution in [-0.4, -0.2) is 20.9 Å². The molecular weight excluding hydrogens is 417 g/mol. The average Bonchev–Trinajstić information content (AvgIpc) is 3.13. The number of furan rings is 1. The maximum absolute atomic E-state index is 13.7. The molecule has 29 heavy (non-hydrogen) atoms. The lowest BCUT2D eigenvalue weighted by Crippen LogP contribution is -2.25. The van der Waals surface area contributed by atoms with Crippen LogP contribution in [0.15, 0.2) is 65.1 Å². The molecule has 1 amide bonds. The predicted molar refractivity (Wildman–Crippen MR) is 109 cm³/mol. The van der Waals surface area contributed by atoms with Gasteiger partial charge in [-0.25, -0.2) is 12.8 Å². The van der Waals surface area contributed by atoms with E-state index in [0.717, 1.165) is 5.56 Å². The fourth-order valence-electron chi connectivity index (χ4n) is 2.76. The summed E-state index contributed by atoms with van der Waals surface area (Å²) in [4.78, 5) is 12.2. The minimum atomic E-state index is -3.66. The highest BCUT2D eigenvalue weighted by atomic mass is 35.5. The number of hydrogen-bond acceptors (Lipinski definition) is 4. The Labute approximate surface area is 173 Å². The van der Waals surface area contributed by atoms with Gasteiger partial charge in [0.25, 0.3) is 5.91 Å². The van der Waals surface area contributed by atoms with Crippen molar-refractivity contribution in [2.45, 2.75) is 17.9 Å². The van der Waals surface area contributed by atoms with Crippen LogP contribution in [0, 0.1) is 5.82 Å². The van der Waals surface area contributed by atoms with E-state index in [2.05, 4.69) is 5.32 Å². The number of halogens is 2. The molecule has 0 aliphatic heterocycles. The lowest BCUT2D eigenvalue weighted by atomic mass is 10.1. The maximum atomic E-state index is 13.7. The summed E-state index contributed by atoms with van der Waals surface area (Å²) >= 11 is 5.83. The third kappa shape index (κ3) is 6.17. The molecule has 0 bridgehead atoms. The standard InChI is InChI=1S/C21H19ClFNO4S/c22-17-7-5-15(6-8-17)11-12-24-21(25)20-10-9-18(28-20)14-29(26,27)13-16-3-1-2-4-19(16)23/h1-10H,11-14H2,(H,24,25). The molecule has 0 aliphatic carbocycles. The number of nitrogens with one attached hydrogen (secondary N) is 1. The monoisotopic (exact) mass is 435 g/mol. The van der Waals surface area contributed by atoms with Gasteiger partial charge in [-0.05, 0) is 42.3 Å². The van der Waals surface area contributed by atoms with Crippen LogP contribution in [-0.2, 0) is 27.8 Å². The Morgan fingerprint density at radius 3 is 2.45 bits per heavy atom. The van der Waals surface area contributed by atoms with Crippen molar-refractivity contribution < 1.29 is 22.0 Å². The van der Waals surface area contributed by atoms with Gasteiger partial charge in [0.2, 0.25) is 0 Å². The van der Waals surface area contributed by atoms with Crippen LogP contribution in [0.25, 0.3) is 0 Å². The Morgan fingerprint density at radius 2 is 1.72 bits per heavy atom. The van der Waals surface area contributed by atoms with Crippen LogP contribution in [0.4, 0.5) is 4.39 Å². The van der Waals surface area contributed by atoms with E-state index in [1.54, 1.807) is 18.2 Å². The van der Waals surface area contributed by atoms with Crippen molar-refractivity contribution in [2.75, 3.05) is 6.54 Å². The molecule has 0 saturated carbocycles. The molecule has 1 aromatic heterocycles. The molecule has 0 fully saturated rings. The summed E-state index contributed by atoms with van der Waals surface area (Å²) in [7, 11) is -3.66. The summed E-state index contributed by atoms with van der Waals surface area (Å²) in [6.07, 6.45) is 0.619. The van der Waals surface area contributed by atoms with E-state index in [4.69, 9.17) is 16.0 Å². The average molecular weight is 436 g/mol. The van der Waals surface area contributed by atoms with Crippen LogP contribution < -0.4 is 5.32 Å². The van der Waals surface area contributed by atoms with E-state index in [9.17, 15) is 17.6 Å². The summed E-state index contributed by atoms with van der Waals surface area (Å²) in [5, 5.41) is 3.37. The van der Waals surface area contributed by atoms with E-state index in [1.807, 2.05) is 12.1 Å². The Kier molecular flexibility index (Phi) is 6.71. The molecule has 2 aromatic carbocycles. The number of amides is 1. The maximum Gasteiger partial charge on any atom is 0.287 e. The van der Waals surface area contributed by atoms with Crippen molar-refractivity contribution in [3.8, 4) is 0 Å². The first kappa shape index (κ1) is 21.1. The minimum Gasteiger partial charge on any atom is -0.455 e. The minimum absolute atomic E-state index is 0.0252. The summed E-state index contributed by atoms with van der Waals surface area (Å²) in [5.41, 5.74) is 1.12. The van der Waals surface area contributed by atoms with Crippen LogP contribution in [0.5, 0.6) is 0 Å². The molecule has 0 unspecified atom stereocenters. The Hall–Kier alpha value is -2.64. The molecule has 8 heteroatoms. The lowest BCUT2D eigenvalue weighted by Gasteiger charge is -2.05. The van der Waals surface area contributed by atoms with E-state index in [0.29, 0.717) is 18.0 Å². The molecule has 0 radical (unpaired) electrons. The Bertz CT molecular complexity index is 1090. The third-order valence-electron chi connectivity index (χ3n) is 4.19. The second-order valence-corrected chi connectivity index (χ2v) is 9.02. The quantitative estimate of drug-likeness (QED) is 0.576. The van der Waals surface area contributed by atoms with Crippen molar-refractivity contribution >= 4 is 27.3 Å². The number of carbonyl (C=O) groups is 1. The topological polar surface area (TPSA) is 76.4 Å². The number of sulfone groups is 1. The van der Waals surface area contributed by atoms with Crippen molar-refractivity contribution in [1.82, 2.24) is 5.32 Å². The lowest BCUT2D eigenvalue weighted by molar-refractivity contribution is 0.0925. The first-order chi connectivity index (χ1) is 13.8. The van der Waals surface area contributed by atoms with Gasteiger partial charge in [-0.15, -0.1) is 0 Å². The largest absolute Gasteiger partial charge is 0.455 e. The van der Waals surface area contributed by atoms with Gasteiger partial charge >= 0.3 is 0 Å². The molecule has 0 atom stereocenters. The van der Waals surface area contributed by atoms with E-state index in [1.165, 1.54) is 30.3 Å². The Morgan fingerprint density at radius 1 is 1.00 bits per heavy atom. The van der Waals surface area contributed by atoms with Gasteiger partial charge in [-0.1, -0.05) is 41.9 Å². The Balaban J connectivity index is 1.54. The second kappa shape index (κ2) is 9.24. The fraction of sp³-hybridized carbons (Fsp3) is 0.190. The third-order valence-corrected chi connectivity index (χ3v) is 5.92. The zero-order chi connectivity index (χ0) is 20.9. The smallest absolute Gasteiger partial charge is 0.287 e. The number of carbonyl (C=O) groups excluding carboxylic acids is 1.